The number of carbonyl (C=O) groups is 1. The second-order valence-corrected chi connectivity index (χ2v) is 9.14. The summed E-state index contributed by atoms with van der Waals surface area (Å²) < 4.78 is 15.7. The van der Waals surface area contributed by atoms with Crippen LogP contribution >= 0.6 is 0 Å². The van der Waals surface area contributed by atoms with Crippen molar-refractivity contribution in [3.8, 4) is 27.9 Å². The molecular weight excluding hydrogens is 465 g/mol. The third kappa shape index (κ3) is 5.68. The van der Waals surface area contributed by atoms with Gasteiger partial charge in [0.2, 0.25) is 0 Å². The van der Waals surface area contributed by atoms with Crippen molar-refractivity contribution in [2.75, 3.05) is 32.5 Å². The third-order valence-corrected chi connectivity index (χ3v) is 6.17. The fourth-order valence-electron chi connectivity index (χ4n) is 4.19. The molecule has 0 fully saturated rings. The van der Waals surface area contributed by atoms with Crippen LogP contribution in [-0.4, -0.2) is 47.7 Å². The van der Waals surface area contributed by atoms with Crippen molar-refractivity contribution in [2.45, 2.75) is 0 Å². The molecular formula is C30H28FN5O. The normalized spacial score (nSPS) is 11.1. The van der Waals surface area contributed by atoms with E-state index in [1.165, 1.54) is 12.1 Å². The van der Waals surface area contributed by atoms with E-state index in [0.717, 1.165) is 51.2 Å². The van der Waals surface area contributed by atoms with Gasteiger partial charge in [-0.15, -0.1) is 0 Å². The molecule has 1 heterocycles. The summed E-state index contributed by atoms with van der Waals surface area (Å²) in [6.45, 7) is 1.36. The standard InChI is InChI=1S/C30H28FN5O/c1-35(2)17-16-32-30(37)34-26-11-6-21(7-12-26)24-10-15-28-29(19-24)36(20-33-28)27-13-8-22(9-14-27)23-4-3-5-25(31)18-23/h3-15,18-20H,16-17H2,1-2H3,(H2,32,34,37). The summed E-state index contributed by atoms with van der Waals surface area (Å²) >= 11 is 0. The van der Waals surface area contributed by atoms with Crippen molar-refractivity contribution >= 4 is 22.8 Å². The van der Waals surface area contributed by atoms with E-state index in [9.17, 15) is 9.18 Å². The minimum Gasteiger partial charge on any atom is -0.337 e. The van der Waals surface area contributed by atoms with Crippen molar-refractivity contribution in [2.24, 2.45) is 0 Å². The molecule has 37 heavy (non-hydrogen) atoms. The first kappa shape index (κ1) is 24.2. The van der Waals surface area contributed by atoms with Crippen LogP contribution < -0.4 is 10.6 Å². The maximum absolute atomic E-state index is 13.6. The van der Waals surface area contributed by atoms with Crippen LogP contribution in [0.15, 0.2) is 97.3 Å². The van der Waals surface area contributed by atoms with Crippen LogP contribution in [-0.2, 0) is 0 Å². The lowest BCUT2D eigenvalue weighted by atomic mass is 10.0. The predicted octanol–water partition coefficient (Wildman–Crippen LogP) is 6.18. The number of likely N-dealkylation sites (N-methyl/N-ethyl adjacent to an activating group) is 1. The highest BCUT2D eigenvalue weighted by atomic mass is 19.1. The van der Waals surface area contributed by atoms with Gasteiger partial charge in [0, 0.05) is 24.5 Å². The Morgan fingerprint density at radius 1 is 0.865 bits per heavy atom. The van der Waals surface area contributed by atoms with Crippen molar-refractivity contribution in [3.63, 3.8) is 0 Å². The second-order valence-electron chi connectivity index (χ2n) is 9.14. The van der Waals surface area contributed by atoms with Crippen LogP contribution in [0, 0.1) is 5.82 Å². The number of hydrogen-bond acceptors (Lipinski definition) is 3. The van der Waals surface area contributed by atoms with Gasteiger partial charge in [0.1, 0.15) is 12.1 Å². The summed E-state index contributed by atoms with van der Waals surface area (Å²) in [5.41, 5.74) is 7.46. The molecule has 0 unspecified atom stereocenters. The van der Waals surface area contributed by atoms with E-state index in [2.05, 4.69) is 21.7 Å². The van der Waals surface area contributed by atoms with Crippen LogP contribution in [0.5, 0.6) is 0 Å². The largest absolute Gasteiger partial charge is 0.337 e. The summed E-state index contributed by atoms with van der Waals surface area (Å²) in [7, 11) is 3.93. The number of nitrogens with zero attached hydrogens (tertiary/aromatic N) is 3. The molecule has 2 amide bonds. The quantitative estimate of drug-likeness (QED) is 0.285. The number of amides is 2. The smallest absolute Gasteiger partial charge is 0.319 e. The molecule has 0 bridgehead atoms. The number of benzene rings is 4. The number of fused-ring (bicyclic) bond motifs is 1. The molecule has 4 aromatic carbocycles. The molecule has 186 valence electrons. The summed E-state index contributed by atoms with van der Waals surface area (Å²) in [5.74, 6) is -0.248. The van der Waals surface area contributed by atoms with Gasteiger partial charge in [-0.05, 0) is 84.9 Å². The molecule has 0 atom stereocenters. The SMILES string of the molecule is CN(C)CCNC(=O)Nc1ccc(-c2ccc3ncn(-c4ccc(-c5cccc(F)c5)cc4)c3c2)cc1. The lowest BCUT2D eigenvalue weighted by molar-refractivity contribution is 0.250. The number of carbonyl (C=O) groups excluding carboxylic acids is 1. The van der Waals surface area contributed by atoms with Gasteiger partial charge in [-0.3, -0.25) is 4.57 Å². The van der Waals surface area contributed by atoms with Crippen molar-refractivity contribution in [1.29, 1.82) is 0 Å². The Balaban J connectivity index is 1.34. The van der Waals surface area contributed by atoms with Crippen LogP contribution in [0.25, 0.3) is 39.0 Å². The maximum Gasteiger partial charge on any atom is 0.319 e. The van der Waals surface area contributed by atoms with E-state index in [0.29, 0.717) is 6.54 Å². The highest BCUT2D eigenvalue weighted by molar-refractivity contribution is 5.90. The molecule has 5 aromatic rings. The monoisotopic (exact) mass is 493 g/mol. The minimum absolute atomic E-state index is 0.219. The first-order chi connectivity index (χ1) is 18.0. The summed E-state index contributed by atoms with van der Waals surface area (Å²) in [5, 5.41) is 5.71. The zero-order valence-corrected chi connectivity index (χ0v) is 20.8. The van der Waals surface area contributed by atoms with Crippen LogP contribution in [0.2, 0.25) is 0 Å². The molecule has 0 aliphatic carbocycles. The molecule has 5 rings (SSSR count). The molecule has 6 nitrogen and oxygen atoms in total. The lowest BCUT2D eigenvalue weighted by Gasteiger charge is -2.11. The van der Waals surface area contributed by atoms with E-state index in [1.54, 1.807) is 6.07 Å². The Hall–Kier alpha value is -4.49. The molecule has 0 aliphatic heterocycles. The van der Waals surface area contributed by atoms with Gasteiger partial charge in [-0.25, -0.2) is 14.2 Å². The number of aromatic nitrogens is 2. The molecule has 0 aliphatic rings. The van der Waals surface area contributed by atoms with Crippen molar-refractivity contribution in [1.82, 2.24) is 19.8 Å². The zero-order chi connectivity index (χ0) is 25.8. The van der Waals surface area contributed by atoms with Gasteiger partial charge in [-0.1, -0.05) is 42.5 Å². The number of rotatable bonds is 7. The average Bonchev–Trinajstić information content (AvgIpc) is 3.32. The summed E-state index contributed by atoms with van der Waals surface area (Å²) in [4.78, 5) is 18.7. The average molecular weight is 494 g/mol. The molecule has 0 saturated heterocycles. The number of nitrogens with one attached hydrogen (secondary N) is 2. The van der Waals surface area contributed by atoms with Crippen LogP contribution in [0.4, 0.5) is 14.9 Å². The highest BCUT2D eigenvalue weighted by Gasteiger charge is 2.09. The number of hydrogen-bond donors (Lipinski definition) is 2. The minimum atomic E-state index is -0.248. The van der Waals surface area contributed by atoms with Crippen molar-refractivity contribution in [3.05, 3.63) is 103 Å². The lowest BCUT2D eigenvalue weighted by Crippen LogP contribution is -2.34. The van der Waals surface area contributed by atoms with Gasteiger partial charge in [-0.2, -0.15) is 0 Å². The van der Waals surface area contributed by atoms with Gasteiger partial charge >= 0.3 is 6.03 Å². The predicted molar refractivity (Wildman–Crippen MR) is 147 cm³/mol. The van der Waals surface area contributed by atoms with Crippen molar-refractivity contribution < 1.29 is 9.18 Å². The van der Waals surface area contributed by atoms with Crippen LogP contribution in [0.3, 0.4) is 0 Å². The van der Waals surface area contributed by atoms with E-state index < -0.39 is 0 Å². The number of imidazole rings is 1. The topological polar surface area (TPSA) is 62.2 Å². The first-order valence-electron chi connectivity index (χ1n) is 12.1. The van der Waals surface area contributed by atoms with Gasteiger partial charge < -0.3 is 15.5 Å². The van der Waals surface area contributed by atoms with Gasteiger partial charge in [0.05, 0.1) is 11.0 Å². The zero-order valence-electron chi connectivity index (χ0n) is 20.8. The second kappa shape index (κ2) is 10.6. The van der Waals surface area contributed by atoms with E-state index in [-0.39, 0.29) is 11.8 Å². The number of urea groups is 1. The van der Waals surface area contributed by atoms with E-state index >= 15 is 0 Å². The third-order valence-electron chi connectivity index (χ3n) is 6.17. The Labute approximate surface area is 215 Å². The summed E-state index contributed by atoms with van der Waals surface area (Å²) in [6.07, 6.45) is 1.81. The highest BCUT2D eigenvalue weighted by Crippen LogP contribution is 2.28. The summed E-state index contributed by atoms with van der Waals surface area (Å²) in [6, 6.07) is 28.3. The number of anilines is 1. The van der Waals surface area contributed by atoms with E-state index in [1.807, 2.05) is 96.6 Å². The Kier molecular flexibility index (Phi) is 6.96. The fraction of sp³-hybridized carbons (Fsp3) is 0.133. The van der Waals surface area contributed by atoms with Gasteiger partial charge in [0.25, 0.3) is 0 Å². The molecule has 0 saturated carbocycles. The molecule has 2 N–H and O–H groups in total. The Morgan fingerprint density at radius 2 is 1.54 bits per heavy atom. The Morgan fingerprint density at radius 3 is 2.24 bits per heavy atom. The Bertz CT molecular complexity index is 1520. The molecule has 7 heteroatoms. The number of halogens is 1. The fourth-order valence-corrected chi connectivity index (χ4v) is 4.19. The molecule has 0 radical (unpaired) electrons. The molecule has 1 aromatic heterocycles. The maximum atomic E-state index is 13.6. The van der Waals surface area contributed by atoms with E-state index in [4.69, 9.17) is 0 Å². The van der Waals surface area contributed by atoms with Gasteiger partial charge in [0.15, 0.2) is 0 Å². The molecule has 0 spiro atoms. The first-order valence-corrected chi connectivity index (χ1v) is 12.1. The van der Waals surface area contributed by atoms with Crippen LogP contribution in [0.1, 0.15) is 0 Å².